The molecule has 2 aliphatic heterocycles. The number of benzene rings is 1. The molecule has 2 amide bonds. The van der Waals surface area contributed by atoms with E-state index in [0.29, 0.717) is 42.3 Å². The SMILES string of the molecule is C=C[C@@H]1C[C@@]12N=C([C@@H]1C[C@@H](Oc3cc(OCC)nc4c(C)c(OC)ccc34)CN1C(=O)[C@@H](NC(=O)OC1CCCC1)C(C)(C)C)OC2=O. The monoisotopic (exact) mass is 662 g/mol. The van der Waals surface area contributed by atoms with Gasteiger partial charge in [0, 0.05) is 29.4 Å². The van der Waals surface area contributed by atoms with Crippen molar-refractivity contribution in [3.63, 3.8) is 0 Å². The molecule has 48 heavy (non-hydrogen) atoms. The van der Waals surface area contributed by atoms with Gasteiger partial charge in [-0.1, -0.05) is 26.8 Å². The van der Waals surface area contributed by atoms with Crippen LogP contribution >= 0.6 is 0 Å². The average Bonchev–Trinajstić information content (AvgIpc) is 3.35. The quantitative estimate of drug-likeness (QED) is 0.266. The summed E-state index contributed by atoms with van der Waals surface area (Å²) in [5, 5.41) is 3.62. The van der Waals surface area contributed by atoms with Gasteiger partial charge in [0.15, 0.2) is 5.54 Å². The van der Waals surface area contributed by atoms with Crippen molar-refractivity contribution in [1.29, 1.82) is 0 Å². The second-order valence-electron chi connectivity index (χ2n) is 14.2. The molecule has 2 aromatic rings. The van der Waals surface area contributed by atoms with Crippen LogP contribution in [0.4, 0.5) is 4.79 Å². The van der Waals surface area contributed by atoms with Gasteiger partial charge in [-0.2, -0.15) is 0 Å². The fraction of sp³-hybridized carbons (Fsp3) is 0.583. The summed E-state index contributed by atoms with van der Waals surface area (Å²) in [5.41, 5.74) is -0.137. The molecule has 12 nitrogen and oxygen atoms in total. The van der Waals surface area contributed by atoms with E-state index >= 15 is 0 Å². The lowest BCUT2D eigenvalue weighted by atomic mass is 9.85. The van der Waals surface area contributed by atoms with Gasteiger partial charge in [0.2, 0.25) is 17.7 Å². The van der Waals surface area contributed by atoms with Crippen molar-refractivity contribution in [1.82, 2.24) is 15.2 Å². The van der Waals surface area contributed by atoms with Crippen molar-refractivity contribution in [3.05, 3.63) is 36.4 Å². The molecule has 258 valence electrons. The number of ether oxygens (including phenoxy) is 5. The van der Waals surface area contributed by atoms with Crippen LogP contribution in [-0.2, 0) is 19.1 Å². The minimum atomic E-state index is -0.984. The second-order valence-corrected chi connectivity index (χ2v) is 14.2. The van der Waals surface area contributed by atoms with E-state index in [9.17, 15) is 14.4 Å². The third-order valence-electron chi connectivity index (χ3n) is 9.84. The molecular formula is C36H46N4O8. The Balaban J connectivity index is 1.32. The normalized spacial score (nSPS) is 25.9. The molecule has 2 aliphatic carbocycles. The summed E-state index contributed by atoms with van der Waals surface area (Å²) >= 11 is 0. The predicted octanol–water partition coefficient (Wildman–Crippen LogP) is 5.28. The van der Waals surface area contributed by atoms with Crippen LogP contribution in [0.5, 0.6) is 17.4 Å². The van der Waals surface area contributed by atoms with E-state index in [0.717, 1.165) is 36.6 Å². The highest BCUT2D eigenvalue weighted by atomic mass is 16.6. The smallest absolute Gasteiger partial charge is 0.408 e. The number of esters is 1. The first kappa shape index (κ1) is 33.5. The number of rotatable bonds is 10. The molecule has 1 aromatic carbocycles. The molecule has 2 saturated carbocycles. The number of nitrogens with zero attached hydrogens (tertiary/aromatic N) is 3. The highest BCUT2D eigenvalue weighted by molar-refractivity contribution is 6.06. The van der Waals surface area contributed by atoms with E-state index in [-0.39, 0.29) is 30.4 Å². The first-order chi connectivity index (χ1) is 22.9. The number of amides is 2. The van der Waals surface area contributed by atoms with Gasteiger partial charge in [-0.05, 0) is 63.5 Å². The fourth-order valence-electron chi connectivity index (χ4n) is 7.07. The number of carbonyl (C=O) groups is 3. The number of cyclic esters (lactones) is 1. The number of methoxy groups -OCH3 is 1. The van der Waals surface area contributed by atoms with Gasteiger partial charge < -0.3 is 33.9 Å². The molecule has 1 N–H and O–H groups in total. The number of hydrogen-bond acceptors (Lipinski definition) is 10. The van der Waals surface area contributed by atoms with Crippen molar-refractivity contribution in [2.45, 2.75) is 103 Å². The minimum absolute atomic E-state index is 0.116. The van der Waals surface area contributed by atoms with Gasteiger partial charge >= 0.3 is 12.1 Å². The second kappa shape index (κ2) is 12.9. The van der Waals surface area contributed by atoms with Crippen molar-refractivity contribution in [2.75, 3.05) is 20.3 Å². The molecule has 1 spiro atoms. The van der Waals surface area contributed by atoms with Gasteiger partial charge in [0.1, 0.15) is 35.8 Å². The number of hydrogen-bond donors (Lipinski definition) is 1. The van der Waals surface area contributed by atoms with Crippen LogP contribution in [0.1, 0.15) is 71.8 Å². The van der Waals surface area contributed by atoms with E-state index in [1.54, 1.807) is 24.2 Å². The Labute approximate surface area is 281 Å². The maximum Gasteiger partial charge on any atom is 0.408 e. The Morgan fingerprint density at radius 2 is 1.96 bits per heavy atom. The third-order valence-corrected chi connectivity index (χ3v) is 9.84. The first-order valence-electron chi connectivity index (χ1n) is 16.9. The van der Waals surface area contributed by atoms with Gasteiger partial charge in [-0.3, -0.25) is 4.79 Å². The van der Waals surface area contributed by atoms with Crippen molar-refractivity contribution >= 4 is 34.8 Å². The number of alkyl carbamates (subject to hydrolysis) is 1. The summed E-state index contributed by atoms with van der Waals surface area (Å²) in [7, 11) is 1.61. The number of likely N-dealkylation sites (tertiary alicyclic amines) is 1. The van der Waals surface area contributed by atoms with Crippen LogP contribution in [0.3, 0.4) is 0 Å². The number of aryl methyl sites for hydroxylation is 1. The van der Waals surface area contributed by atoms with Crippen molar-refractivity contribution in [3.8, 4) is 17.4 Å². The molecule has 6 rings (SSSR count). The topological polar surface area (TPSA) is 138 Å². The first-order valence-corrected chi connectivity index (χ1v) is 16.9. The zero-order valence-electron chi connectivity index (χ0n) is 28.7. The summed E-state index contributed by atoms with van der Waals surface area (Å²) < 4.78 is 29.5. The Kier molecular flexibility index (Phi) is 9.04. The molecule has 1 saturated heterocycles. The molecule has 5 atom stereocenters. The molecule has 12 heteroatoms. The summed E-state index contributed by atoms with van der Waals surface area (Å²) in [4.78, 5) is 51.7. The highest BCUT2D eigenvalue weighted by Crippen LogP contribution is 2.52. The Morgan fingerprint density at radius 1 is 1.21 bits per heavy atom. The summed E-state index contributed by atoms with van der Waals surface area (Å²) in [5.74, 6) is 0.913. The highest BCUT2D eigenvalue weighted by Gasteiger charge is 2.65. The number of carbonyl (C=O) groups excluding carboxylic acids is 3. The molecular weight excluding hydrogens is 616 g/mol. The van der Waals surface area contributed by atoms with Gasteiger partial charge in [0.05, 0.1) is 25.8 Å². The number of fused-ring (bicyclic) bond motifs is 1. The molecule has 0 unspecified atom stereocenters. The Hall–Kier alpha value is -4.35. The Morgan fingerprint density at radius 3 is 2.60 bits per heavy atom. The molecule has 3 heterocycles. The van der Waals surface area contributed by atoms with E-state index in [1.165, 1.54) is 0 Å². The summed E-state index contributed by atoms with van der Waals surface area (Å²) in [6, 6.07) is 3.87. The van der Waals surface area contributed by atoms with Gasteiger partial charge in [0.25, 0.3) is 0 Å². The predicted molar refractivity (Wildman–Crippen MR) is 178 cm³/mol. The number of nitrogens with one attached hydrogen (secondary N) is 1. The lowest BCUT2D eigenvalue weighted by Gasteiger charge is -2.35. The van der Waals surface area contributed by atoms with Crippen molar-refractivity contribution in [2.24, 2.45) is 16.3 Å². The van der Waals surface area contributed by atoms with E-state index in [2.05, 4.69) is 11.9 Å². The maximum atomic E-state index is 14.5. The van der Waals surface area contributed by atoms with E-state index in [4.69, 9.17) is 33.7 Å². The average molecular weight is 663 g/mol. The van der Waals surface area contributed by atoms with Crippen molar-refractivity contribution < 1.29 is 38.1 Å². The fourth-order valence-corrected chi connectivity index (χ4v) is 7.07. The van der Waals surface area contributed by atoms with Gasteiger partial charge in [-0.15, -0.1) is 6.58 Å². The number of pyridine rings is 1. The lowest BCUT2D eigenvalue weighted by molar-refractivity contribution is -0.139. The summed E-state index contributed by atoms with van der Waals surface area (Å²) in [6.45, 7) is 13.9. The zero-order chi connectivity index (χ0) is 34.4. The van der Waals surface area contributed by atoms with Crippen LogP contribution in [0.25, 0.3) is 10.9 Å². The Bertz CT molecular complexity index is 1640. The van der Waals surface area contributed by atoms with E-state index < -0.39 is 41.2 Å². The lowest BCUT2D eigenvalue weighted by Crippen LogP contribution is -2.57. The standard InChI is InChI=1S/C36H46N4O8/c1-8-21-18-36(21)33(42)48-31(39-36)25-16-23(46-27-17-28(45-9-2)37-29-20(3)26(44-7)15-14-24(27)29)19-40(25)32(41)30(35(4,5)6)38-34(43)47-22-12-10-11-13-22/h8,14-15,17,21-23,25,30H,1,9-13,16,18-19H2,2-7H3,(H,38,43)/t21-,23-,25+,30-,36-/m1/s1. The number of aliphatic imine (C=N–C) groups is 1. The zero-order valence-corrected chi connectivity index (χ0v) is 28.7. The van der Waals surface area contributed by atoms with Crippen LogP contribution < -0.4 is 19.5 Å². The molecule has 0 radical (unpaired) electrons. The van der Waals surface area contributed by atoms with Gasteiger partial charge in [-0.25, -0.2) is 19.6 Å². The summed E-state index contributed by atoms with van der Waals surface area (Å²) in [6.07, 6.45) is 4.90. The maximum absolute atomic E-state index is 14.5. The van der Waals surface area contributed by atoms with Crippen LogP contribution in [0.2, 0.25) is 0 Å². The van der Waals surface area contributed by atoms with Crippen LogP contribution in [0.15, 0.2) is 35.8 Å². The molecule has 1 aromatic heterocycles. The molecule has 3 fully saturated rings. The van der Waals surface area contributed by atoms with Crippen LogP contribution in [-0.4, -0.2) is 83.8 Å². The largest absolute Gasteiger partial charge is 0.496 e. The third kappa shape index (κ3) is 6.28. The molecule has 0 bridgehead atoms. The number of aromatic nitrogens is 1. The van der Waals surface area contributed by atoms with Crippen LogP contribution in [0, 0.1) is 18.3 Å². The van der Waals surface area contributed by atoms with E-state index in [1.807, 2.05) is 46.8 Å². The minimum Gasteiger partial charge on any atom is -0.496 e. The molecule has 4 aliphatic rings.